The summed E-state index contributed by atoms with van der Waals surface area (Å²) in [5.41, 5.74) is 0. The SMILES string of the molecule is c1cn(CCCC2CC2)c(NC2CCCC2)n1. The molecule has 1 aromatic heterocycles. The minimum atomic E-state index is 0.666. The molecule has 0 atom stereocenters. The quantitative estimate of drug-likeness (QED) is 0.816. The lowest BCUT2D eigenvalue weighted by Crippen LogP contribution is -2.18. The molecular weight excluding hydrogens is 210 g/mol. The van der Waals surface area contributed by atoms with Gasteiger partial charge in [0.05, 0.1) is 0 Å². The van der Waals surface area contributed by atoms with Crippen LogP contribution < -0.4 is 5.32 Å². The predicted molar refractivity (Wildman–Crippen MR) is 70.1 cm³/mol. The first-order chi connectivity index (χ1) is 8.42. The first kappa shape index (κ1) is 11.1. The van der Waals surface area contributed by atoms with Crippen LogP contribution in [0.3, 0.4) is 0 Å². The van der Waals surface area contributed by atoms with Crippen LogP contribution >= 0.6 is 0 Å². The van der Waals surface area contributed by atoms with Gasteiger partial charge in [0.1, 0.15) is 0 Å². The highest BCUT2D eigenvalue weighted by molar-refractivity contribution is 5.27. The number of aryl methyl sites for hydroxylation is 1. The third-order valence-electron chi connectivity index (χ3n) is 4.11. The van der Waals surface area contributed by atoms with Gasteiger partial charge in [0.15, 0.2) is 0 Å². The third kappa shape index (κ3) is 3.02. The summed E-state index contributed by atoms with van der Waals surface area (Å²) in [7, 11) is 0. The number of imidazole rings is 1. The highest BCUT2D eigenvalue weighted by atomic mass is 15.2. The molecule has 0 saturated heterocycles. The second kappa shape index (κ2) is 5.11. The molecule has 3 nitrogen and oxygen atoms in total. The highest BCUT2D eigenvalue weighted by Crippen LogP contribution is 2.33. The van der Waals surface area contributed by atoms with Gasteiger partial charge in [-0.25, -0.2) is 4.98 Å². The van der Waals surface area contributed by atoms with Crippen LogP contribution in [0.2, 0.25) is 0 Å². The van der Waals surface area contributed by atoms with Crippen molar-refractivity contribution in [1.29, 1.82) is 0 Å². The molecule has 0 aliphatic heterocycles. The van der Waals surface area contributed by atoms with Crippen molar-refractivity contribution in [1.82, 2.24) is 9.55 Å². The van der Waals surface area contributed by atoms with Crippen LogP contribution in [-0.4, -0.2) is 15.6 Å². The fourth-order valence-corrected chi connectivity index (χ4v) is 2.84. The Morgan fingerprint density at radius 2 is 2.06 bits per heavy atom. The van der Waals surface area contributed by atoms with E-state index in [1.807, 2.05) is 6.20 Å². The zero-order chi connectivity index (χ0) is 11.5. The maximum Gasteiger partial charge on any atom is 0.202 e. The summed E-state index contributed by atoms with van der Waals surface area (Å²) < 4.78 is 2.29. The molecule has 0 unspecified atom stereocenters. The van der Waals surface area contributed by atoms with Crippen molar-refractivity contribution in [2.45, 2.75) is 64.0 Å². The van der Waals surface area contributed by atoms with E-state index in [4.69, 9.17) is 0 Å². The van der Waals surface area contributed by atoms with Crippen LogP contribution in [0.25, 0.3) is 0 Å². The fourth-order valence-electron chi connectivity index (χ4n) is 2.84. The van der Waals surface area contributed by atoms with Gasteiger partial charge in [-0.05, 0) is 31.6 Å². The second-order valence-corrected chi connectivity index (χ2v) is 5.66. The highest BCUT2D eigenvalue weighted by Gasteiger charge is 2.20. The summed E-state index contributed by atoms with van der Waals surface area (Å²) in [6.45, 7) is 1.13. The second-order valence-electron chi connectivity index (χ2n) is 5.66. The molecule has 1 heterocycles. The van der Waals surface area contributed by atoms with Crippen molar-refractivity contribution in [3.63, 3.8) is 0 Å². The van der Waals surface area contributed by atoms with E-state index in [9.17, 15) is 0 Å². The summed E-state index contributed by atoms with van der Waals surface area (Å²) in [5.74, 6) is 2.14. The Morgan fingerprint density at radius 3 is 2.82 bits per heavy atom. The maximum absolute atomic E-state index is 4.44. The minimum absolute atomic E-state index is 0.666. The van der Waals surface area contributed by atoms with Crippen molar-refractivity contribution in [2.75, 3.05) is 5.32 Å². The molecule has 17 heavy (non-hydrogen) atoms. The molecule has 2 aliphatic carbocycles. The number of nitrogens with one attached hydrogen (secondary N) is 1. The fraction of sp³-hybridized carbons (Fsp3) is 0.786. The van der Waals surface area contributed by atoms with Gasteiger partial charge >= 0.3 is 0 Å². The molecule has 3 rings (SSSR count). The number of rotatable bonds is 6. The Balaban J connectivity index is 1.50. The summed E-state index contributed by atoms with van der Waals surface area (Å²) >= 11 is 0. The average Bonchev–Trinajstić information content (AvgIpc) is 2.84. The Bertz CT molecular complexity index is 348. The molecule has 2 saturated carbocycles. The van der Waals surface area contributed by atoms with Crippen LogP contribution in [0, 0.1) is 5.92 Å². The molecule has 1 N–H and O–H groups in total. The van der Waals surface area contributed by atoms with Gasteiger partial charge in [0.2, 0.25) is 5.95 Å². The van der Waals surface area contributed by atoms with Crippen molar-refractivity contribution in [3.05, 3.63) is 12.4 Å². The molecule has 0 amide bonds. The van der Waals surface area contributed by atoms with Crippen molar-refractivity contribution < 1.29 is 0 Å². The average molecular weight is 233 g/mol. The summed E-state index contributed by atoms with van der Waals surface area (Å²) in [6.07, 6.45) is 15.1. The van der Waals surface area contributed by atoms with Gasteiger partial charge in [0, 0.05) is 25.0 Å². The molecule has 2 aliphatic rings. The van der Waals surface area contributed by atoms with Gasteiger partial charge in [0.25, 0.3) is 0 Å². The smallest absolute Gasteiger partial charge is 0.202 e. The van der Waals surface area contributed by atoms with Crippen molar-refractivity contribution in [3.8, 4) is 0 Å². The van der Waals surface area contributed by atoms with Gasteiger partial charge in [-0.3, -0.25) is 0 Å². The van der Waals surface area contributed by atoms with Crippen LogP contribution in [0.5, 0.6) is 0 Å². The van der Waals surface area contributed by atoms with Crippen molar-refractivity contribution in [2.24, 2.45) is 5.92 Å². The van der Waals surface area contributed by atoms with E-state index in [-0.39, 0.29) is 0 Å². The molecule has 0 aromatic carbocycles. The zero-order valence-corrected chi connectivity index (χ0v) is 10.6. The zero-order valence-electron chi connectivity index (χ0n) is 10.6. The van der Waals surface area contributed by atoms with Crippen LogP contribution in [-0.2, 0) is 6.54 Å². The number of aromatic nitrogens is 2. The lowest BCUT2D eigenvalue weighted by Gasteiger charge is -2.14. The van der Waals surface area contributed by atoms with E-state index in [1.165, 1.54) is 51.4 Å². The molecule has 0 radical (unpaired) electrons. The number of hydrogen-bond donors (Lipinski definition) is 1. The maximum atomic E-state index is 4.44. The van der Waals surface area contributed by atoms with E-state index >= 15 is 0 Å². The lowest BCUT2D eigenvalue weighted by atomic mass is 10.2. The first-order valence-corrected chi connectivity index (χ1v) is 7.19. The minimum Gasteiger partial charge on any atom is -0.353 e. The lowest BCUT2D eigenvalue weighted by molar-refractivity contribution is 0.576. The normalized spacial score (nSPS) is 20.9. The van der Waals surface area contributed by atoms with E-state index in [1.54, 1.807) is 0 Å². The van der Waals surface area contributed by atoms with E-state index in [0.717, 1.165) is 18.4 Å². The molecule has 94 valence electrons. The Kier molecular flexibility index (Phi) is 3.34. The summed E-state index contributed by atoms with van der Waals surface area (Å²) in [6, 6.07) is 0.666. The molecule has 0 bridgehead atoms. The van der Waals surface area contributed by atoms with Crippen LogP contribution in [0.15, 0.2) is 12.4 Å². The van der Waals surface area contributed by atoms with E-state index in [0.29, 0.717) is 6.04 Å². The summed E-state index contributed by atoms with van der Waals surface area (Å²) in [4.78, 5) is 4.44. The number of nitrogens with zero attached hydrogens (tertiary/aromatic N) is 2. The molecule has 3 heteroatoms. The number of hydrogen-bond acceptors (Lipinski definition) is 2. The van der Waals surface area contributed by atoms with Crippen LogP contribution in [0.1, 0.15) is 51.4 Å². The van der Waals surface area contributed by atoms with Crippen LogP contribution in [0.4, 0.5) is 5.95 Å². The largest absolute Gasteiger partial charge is 0.353 e. The Hall–Kier alpha value is -0.990. The Morgan fingerprint density at radius 1 is 1.24 bits per heavy atom. The summed E-state index contributed by atoms with van der Waals surface area (Å²) in [5, 5.41) is 3.60. The third-order valence-corrected chi connectivity index (χ3v) is 4.11. The Labute approximate surface area is 104 Å². The van der Waals surface area contributed by atoms with E-state index in [2.05, 4.69) is 21.1 Å². The monoisotopic (exact) mass is 233 g/mol. The first-order valence-electron chi connectivity index (χ1n) is 7.19. The molecule has 2 fully saturated rings. The molecule has 1 aromatic rings. The van der Waals surface area contributed by atoms with Gasteiger partial charge in [-0.2, -0.15) is 0 Å². The number of anilines is 1. The predicted octanol–water partition coefficient (Wildman–Crippen LogP) is 3.43. The topological polar surface area (TPSA) is 29.9 Å². The molecule has 0 spiro atoms. The molecular formula is C14H23N3. The van der Waals surface area contributed by atoms with Gasteiger partial charge < -0.3 is 9.88 Å². The van der Waals surface area contributed by atoms with Gasteiger partial charge in [-0.1, -0.05) is 25.7 Å². The van der Waals surface area contributed by atoms with Gasteiger partial charge in [-0.15, -0.1) is 0 Å². The standard InChI is InChI=1S/C14H23N3/c1-2-6-13(5-1)16-14-15-9-11-17(14)10-3-4-12-7-8-12/h9,11-13H,1-8,10H2,(H,15,16). The van der Waals surface area contributed by atoms with Crippen molar-refractivity contribution >= 4 is 5.95 Å². The van der Waals surface area contributed by atoms with E-state index < -0.39 is 0 Å².